The molecule has 2 amide bonds. The van der Waals surface area contributed by atoms with Crippen LogP contribution in [0, 0.1) is 10.8 Å². The van der Waals surface area contributed by atoms with Gasteiger partial charge in [-0.15, -0.1) is 24.8 Å². The lowest BCUT2D eigenvalue weighted by Crippen LogP contribution is -2.32. The highest BCUT2D eigenvalue weighted by atomic mass is 35.5. The molecule has 0 saturated carbocycles. The molecule has 32 heavy (non-hydrogen) atoms. The summed E-state index contributed by atoms with van der Waals surface area (Å²) in [5, 5.41) is 19.0. The topological polar surface area (TPSA) is 158 Å². The van der Waals surface area contributed by atoms with Gasteiger partial charge in [-0.25, -0.2) is 0 Å². The molecule has 10 heteroatoms. The zero-order valence-electron chi connectivity index (χ0n) is 17.8. The zero-order chi connectivity index (χ0) is 22.2. The third-order valence-electron chi connectivity index (χ3n) is 3.92. The normalized spacial score (nSPS) is 9.00. The van der Waals surface area contributed by atoms with Crippen molar-refractivity contribution in [1.29, 1.82) is 10.8 Å². The molecule has 0 heterocycles. The zero-order valence-corrected chi connectivity index (χ0v) is 19.4. The Labute approximate surface area is 201 Å². The molecule has 2 aromatic rings. The minimum absolute atomic E-state index is 0. The predicted molar refractivity (Wildman–Crippen MR) is 134 cm³/mol. The Kier molecular flexibility index (Phi) is 18.1. The molecule has 0 unspecified atom stereocenters. The van der Waals surface area contributed by atoms with Crippen LogP contribution in [0.2, 0.25) is 0 Å². The molecule has 0 saturated heterocycles. The summed E-state index contributed by atoms with van der Waals surface area (Å²) in [6.07, 6.45) is 2.28. The van der Waals surface area contributed by atoms with E-state index in [4.69, 9.17) is 22.3 Å². The highest BCUT2D eigenvalue weighted by Gasteiger charge is 2.02. The van der Waals surface area contributed by atoms with Crippen molar-refractivity contribution in [2.24, 2.45) is 11.5 Å². The molecule has 0 bridgehead atoms. The van der Waals surface area contributed by atoms with E-state index in [0.717, 1.165) is 11.1 Å². The Morgan fingerprint density at radius 3 is 1.25 bits per heavy atom. The summed E-state index contributed by atoms with van der Waals surface area (Å²) in [7, 11) is 0. The van der Waals surface area contributed by atoms with Gasteiger partial charge in [0, 0.05) is 12.8 Å². The number of halogens is 2. The third kappa shape index (κ3) is 16.7. The van der Waals surface area contributed by atoms with Crippen LogP contribution in [0.15, 0.2) is 60.7 Å². The quantitative estimate of drug-likeness (QED) is 0.226. The number of benzene rings is 2. The van der Waals surface area contributed by atoms with Gasteiger partial charge in [-0.05, 0) is 24.0 Å². The van der Waals surface area contributed by atoms with Gasteiger partial charge in [-0.1, -0.05) is 60.7 Å². The van der Waals surface area contributed by atoms with Gasteiger partial charge in [0.25, 0.3) is 0 Å². The largest absolute Gasteiger partial charge is 0.386 e. The van der Waals surface area contributed by atoms with Gasteiger partial charge in [0.2, 0.25) is 11.8 Å². The summed E-state index contributed by atoms with van der Waals surface area (Å²) < 4.78 is 0. The lowest BCUT2D eigenvalue weighted by molar-refractivity contribution is -0.121. The molecule has 0 aliphatic heterocycles. The van der Waals surface area contributed by atoms with Crippen molar-refractivity contribution in [2.75, 3.05) is 13.1 Å². The van der Waals surface area contributed by atoms with Crippen LogP contribution >= 0.6 is 24.8 Å². The van der Waals surface area contributed by atoms with Crippen molar-refractivity contribution in [3.63, 3.8) is 0 Å². The minimum Gasteiger partial charge on any atom is -0.386 e. The summed E-state index contributed by atoms with van der Waals surface area (Å²) in [5.74, 6) is -0.200. The van der Waals surface area contributed by atoms with Crippen LogP contribution in [0.4, 0.5) is 0 Å². The van der Waals surface area contributed by atoms with Crippen molar-refractivity contribution in [2.45, 2.75) is 25.7 Å². The maximum atomic E-state index is 11.3. The van der Waals surface area contributed by atoms with Crippen molar-refractivity contribution < 1.29 is 9.59 Å². The van der Waals surface area contributed by atoms with E-state index >= 15 is 0 Å². The molecule has 8 N–H and O–H groups in total. The van der Waals surface area contributed by atoms with Crippen molar-refractivity contribution >= 4 is 48.3 Å². The fourth-order valence-corrected chi connectivity index (χ4v) is 2.37. The number of amides is 2. The summed E-state index contributed by atoms with van der Waals surface area (Å²) in [4.78, 5) is 22.5. The highest BCUT2D eigenvalue weighted by molar-refractivity contribution is 5.86. The Balaban J connectivity index is 0. The number of hydrogen-bond acceptors (Lipinski definition) is 4. The second kappa shape index (κ2) is 18.7. The molecule has 0 aliphatic carbocycles. The Bertz CT molecular complexity index is 750. The third-order valence-corrected chi connectivity index (χ3v) is 3.92. The second-order valence-electron chi connectivity index (χ2n) is 6.58. The number of rotatable bonds is 10. The van der Waals surface area contributed by atoms with E-state index in [-0.39, 0.29) is 61.4 Å². The summed E-state index contributed by atoms with van der Waals surface area (Å²) in [5.41, 5.74) is 12.5. The van der Waals surface area contributed by atoms with E-state index in [9.17, 15) is 9.59 Å². The average Bonchev–Trinajstić information content (AvgIpc) is 2.75. The summed E-state index contributed by atoms with van der Waals surface area (Å²) in [6.45, 7) is 0.265. The number of hydrogen-bond donors (Lipinski definition) is 6. The van der Waals surface area contributed by atoms with Gasteiger partial charge in [0.05, 0.1) is 13.1 Å². The summed E-state index contributed by atoms with van der Waals surface area (Å²) in [6, 6.07) is 19.6. The number of carbonyl (C=O) groups excluding carboxylic acids is 2. The van der Waals surface area contributed by atoms with E-state index in [2.05, 4.69) is 10.6 Å². The highest BCUT2D eigenvalue weighted by Crippen LogP contribution is 2.02. The average molecular weight is 483 g/mol. The van der Waals surface area contributed by atoms with Crippen molar-refractivity contribution in [3.8, 4) is 0 Å². The van der Waals surface area contributed by atoms with Crippen LogP contribution in [-0.4, -0.2) is 36.6 Å². The van der Waals surface area contributed by atoms with Crippen LogP contribution in [0.3, 0.4) is 0 Å². The van der Waals surface area contributed by atoms with E-state index in [1.807, 2.05) is 60.7 Å². The predicted octanol–water partition coefficient (Wildman–Crippen LogP) is 2.19. The van der Waals surface area contributed by atoms with Gasteiger partial charge in [-0.2, -0.15) is 0 Å². The number of aryl methyl sites for hydroxylation is 2. The van der Waals surface area contributed by atoms with Crippen molar-refractivity contribution in [1.82, 2.24) is 10.6 Å². The lowest BCUT2D eigenvalue weighted by Gasteiger charge is -2.03. The second-order valence-corrected chi connectivity index (χ2v) is 6.58. The van der Waals surface area contributed by atoms with Crippen LogP contribution in [0.25, 0.3) is 0 Å². The monoisotopic (exact) mass is 482 g/mol. The van der Waals surface area contributed by atoms with Gasteiger partial charge >= 0.3 is 0 Å². The van der Waals surface area contributed by atoms with Crippen LogP contribution < -0.4 is 22.1 Å². The minimum atomic E-state index is -0.0750. The van der Waals surface area contributed by atoms with E-state index in [0.29, 0.717) is 25.7 Å². The number of nitrogens with one attached hydrogen (secondary N) is 4. The smallest absolute Gasteiger partial charge is 0.220 e. The Morgan fingerprint density at radius 1 is 0.656 bits per heavy atom. The van der Waals surface area contributed by atoms with Crippen molar-refractivity contribution in [3.05, 3.63) is 71.8 Å². The Hall–Kier alpha value is -3.10. The molecule has 2 aromatic carbocycles. The molecule has 0 fully saturated rings. The first-order chi connectivity index (χ1) is 14.4. The van der Waals surface area contributed by atoms with E-state index in [1.165, 1.54) is 0 Å². The fraction of sp³-hybridized carbons (Fsp3) is 0.273. The molecule has 2 rings (SSSR count). The van der Waals surface area contributed by atoms with E-state index < -0.39 is 0 Å². The standard InChI is InChI=1S/2C11H15N3O.2ClH/c2*12-10(13)8-14-11(15)7-6-9-4-2-1-3-5-9;;/h2*1-5H,6-8H2,(H3,12,13)(H,14,15);2*1H. The molecular weight excluding hydrogens is 451 g/mol. The molecule has 0 spiro atoms. The maximum absolute atomic E-state index is 11.3. The van der Waals surface area contributed by atoms with Crippen LogP contribution in [-0.2, 0) is 22.4 Å². The molecule has 0 aliphatic rings. The molecule has 176 valence electrons. The first kappa shape index (κ1) is 31.1. The van der Waals surface area contributed by atoms with Gasteiger partial charge < -0.3 is 22.1 Å². The van der Waals surface area contributed by atoms with Gasteiger partial charge in [0.1, 0.15) is 11.7 Å². The SMILES string of the molecule is Cl.Cl.N=C(N)CNC(=O)CCc1ccccc1.N=C(N)CNC(=O)CCc1ccccc1. The van der Waals surface area contributed by atoms with Crippen LogP contribution in [0.1, 0.15) is 24.0 Å². The molecule has 8 nitrogen and oxygen atoms in total. The maximum Gasteiger partial charge on any atom is 0.220 e. The first-order valence-electron chi connectivity index (χ1n) is 9.64. The molecule has 0 atom stereocenters. The number of carbonyl (C=O) groups is 2. The van der Waals surface area contributed by atoms with Gasteiger partial charge in [0.15, 0.2) is 0 Å². The van der Waals surface area contributed by atoms with E-state index in [1.54, 1.807) is 0 Å². The van der Waals surface area contributed by atoms with Crippen LogP contribution in [0.5, 0.6) is 0 Å². The molecule has 0 aromatic heterocycles. The molecule has 0 radical (unpaired) electrons. The first-order valence-corrected chi connectivity index (χ1v) is 9.64. The fourth-order valence-electron chi connectivity index (χ4n) is 2.37. The molecular formula is C22H32Cl2N6O2. The van der Waals surface area contributed by atoms with Gasteiger partial charge in [-0.3, -0.25) is 20.4 Å². The lowest BCUT2D eigenvalue weighted by atomic mass is 10.1. The Morgan fingerprint density at radius 2 is 0.969 bits per heavy atom. The number of nitrogens with two attached hydrogens (primary N) is 2. The number of amidine groups is 2. The summed E-state index contributed by atoms with van der Waals surface area (Å²) >= 11 is 0.